The first kappa shape index (κ1) is 16.2. The highest BCUT2D eigenvalue weighted by Gasteiger charge is 2.14. The molecular weight excluding hydrogens is 318 g/mol. The summed E-state index contributed by atoms with van der Waals surface area (Å²) in [7, 11) is 0. The zero-order valence-electron chi connectivity index (χ0n) is 13.1. The molecule has 2 aromatic carbocycles. The van der Waals surface area contributed by atoms with Crippen molar-refractivity contribution in [2.75, 3.05) is 10.6 Å². The molecule has 3 rings (SSSR count). The molecular formula is C19H15N3O3. The van der Waals surface area contributed by atoms with Crippen LogP contribution in [0, 0.1) is 0 Å². The van der Waals surface area contributed by atoms with Crippen LogP contribution < -0.4 is 10.6 Å². The van der Waals surface area contributed by atoms with Gasteiger partial charge in [-0.3, -0.25) is 14.6 Å². The summed E-state index contributed by atoms with van der Waals surface area (Å²) in [6.45, 7) is 0. The van der Waals surface area contributed by atoms with Crippen molar-refractivity contribution in [2.45, 2.75) is 0 Å². The predicted octanol–water partition coefficient (Wildman–Crippen LogP) is 3.29. The number of amides is 2. The summed E-state index contributed by atoms with van der Waals surface area (Å²) in [5.74, 6) is -0.975. The average Bonchev–Trinajstić information content (AvgIpc) is 2.64. The largest absolute Gasteiger partial charge is 0.507 e. The molecule has 0 bridgehead atoms. The summed E-state index contributed by atoms with van der Waals surface area (Å²) in [5.41, 5.74) is 1.26. The van der Waals surface area contributed by atoms with Gasteiger partial charge in [0.05, 0.1) is 16.9 Å². The molecule has 1 aromatic heterocycles. The molecule has 124 valence electrons. The summed E-state index contributed by atoms with van der Waals surface area (Å²) >= 11 is 0. The van der Waals surface area contributed by atoms with Gasteiger partial charge in [0.25, 0.3) is 11.8 Å². The van der Waals surface area contributed by atoms with Crippen molar-refractivity contribution < 1.29 is 14.7 Å². The fourth-order valence-electron chi connectivity index (χ4n) is 2.24. The van der Waals surface area contributed by atoms with Crippen LogP contribution in [0.3, 0.4) is 0 Å². The zero-order valence-corrected chi connectivity index (χ0v) is 13.1. The van der Waals surface area contributed by atoms with E-state index >= 15 is 0 Å². The number of aromatic hydroxyl groups is 1. The van der Waals surface area contributed by atoms with Gasteiger partial charge in [-0.25, -0.2) is 0 Å². The van der Waals surface area contributed by atoms with Crippen molar-refractivity contribution in [3.63, 3.8) is 0 Å². The molecule has 0 radical (unpaired) electrons. The van der Waals surface area contributed by atoms with Crippen molar-refractivity contribution >= 4 is 23.2 Å². The summed E-state index contributed by atoms with van der Waals surface area (Å²) in [4.78, 5) is 28.6. The maximum absolute atomic E-state index is 12.3. The Morgan fingerprint density at radius 2 is 1.36 bits per heavy atom. The smallest absolute Gasteiger partial charge is 0.274 e. The molecule has 0 spiro atoms. The molecule has 0 atom stereocenters. The van der Waals surface area contributed by atoms with Gasteiger partial charge in [-0.05, 0) is 36.4 Å². The maximum atomic E-state index is 12.3. The van der Waals surface area contributed by atoms with Crippen LogP contribution in [0.25, 0.3) is 0 Å². The lowest BCUT2D eigenvalue weighted by Gasteiger charge is -2.12. The van der Waals surface area contributed by atoms with E-state index < -0.39 is 5.91 Å². The van der Waals surface area contributed by atoms with E-state index in [9.17, 15) is 14.7 Å². The van der Waals surface area contributed by atoms with Crippen LogP contribution >= 0.6 is 0 Å². The highest BCUT2D eigenvalue weighted by molar-refractivity contribution is 6.10. The number of phenolic OH excluding ortho intramolecular Hbond substituents is 1. The van der Waals surface area contributed by atoms with E-state index in [0.29, 0.717) is 11.4 Å². The molecule has 0 saturated heterocycles. The lowest BCUT2D eigenvalue weighted by molar-refractivity contribution is 0.101. The Morgan fingerprint density at radius 1 is 0.760 bits per heavy atom. The van der Waals surface area contributed by atoms with Crippen LogP contribution in [0.15, 0.2) is 72.9 Å². The topological polar surface area (TPSA) is 91.3 Å². The second-order valence-corrected chi connectivity index (χ2v) is 5.19. The summed E-state index contributed by atoms with van der Waals surface area (Å²) < 4.78 is 0. The number of benzene rings is 2. The first-order valence-corrected chi connectivity index (χ1v) is 7.56. The van der Waals surface area contributed by atoms with Crippen molar-refractivity contribution in [1.82, 2.24) is 4.98 Å². The number of nitrogens with zero attached hydrogens (tertiary/aromatic N) is 1. The molecule has 6 nitrogen and oxygen atoms in total. The number of hydrogen-bond acceptors (Lipinski definition) is 4. The Balaban J connectivity index is 1.81. The monoisotopic (exact) mass is 333 g/mol. The molecule has 0 fully saturated rings. The Bertz CT molecular complexity index is 911. The van der Waals surface area contributed by atoms with Crippen molar-refractivity contribution in [3.05, 3.63) is 84.2 Å². The average molecular weight is 333 g/mol. The van der Waals surface area contributed by atoms with Crippen LogP contribution in [-0.4, -0.2) is 21.9 Å². The van der Waals surface area contributed by atoms with Gasteiger partial charge in [-0.15, -0.1) is 0 Å². The molecule has 3 aromatic rings. The number of phenols is 1. The van der Waals surface area contributed by atoms with E-state index in [-0.39, 0.29) is 22.9 Å². The van der Waals surface area contributed by atoms with Gasteiger partial charge in [0, 0.05) is 6.20 Å². The third kappa shape index (κ3) is 3.81. The first-order valence-electron chi connectivity index (χ1n) is 7.56. The standard InChI is InChI=1S/C19H15N3O3/c23-17-11-4-1-7-13(17)18(24)21-14-8-2-3-9-15(14)22-19(25)16-10-5-6-12-20-16/h1-12,23H,(H,21,24)(H,22,25). The summed E-state index contributed by atoms with van der Waals surface area (Å²) in [5, 5.41) is 15.2. The van der Waals surface area contributed by atoms with Crippen LogP contribution in [0.1, 0.15) is 20.8 Å². The number of carbonyl (C=O) groups excluding carboxylic acids is 2. The number of carbonyl (C=O) groups is 2. The molecule has 0 aliphatic rings. The number of para-hydroxylation sites is 3. The fourth-order valence-corrected chi connectivity index (χ4v) is 2.24. The van der Waals surface area contributed by atoms with Crippen molar-refractivity contribution in [2.24, 2.45) is 0 Å². The van der Waals surface area contributed by atoms with Crippen molar-refractivity contribution in [3.8, 4) is 5.75 Å². The van der Waals surface area contributed by atoms with E-state index in [0.717, 1.165) is 0 Å². The number of nitrogens with one attached hydrogen (secondary N) is 2. The van der Waals surface area contributed by atoms with Gasteiger partial charge < -0.3 is 15.7 Å². The minimum atomic E-state index is -0.474. The van der Waals surface area contributed by atoms with Gasteiger partial charge in [0.15, 0.2) is 0 Å². The van der Waals surface area contributed by atoms with Crippen LogP contribution in [0.5, 0.6) is 5.75 Å². The van der Waals surface area contributed by atoms with Gasteiger partial charge in [-0.2, -0.15) is 0 Å². The fraction of sp³-hybridized carbons (Fsp3) is 0. The van der Waals surface area contributed by atoms with E-state index in [1.807, 2.05) is 0 Å². The Labute approximate surface area is 144 Å². The van der Waals surface area contributed by atoms with E-state index in [2.05, 4.69) is 15.6 Å². The predicted molar refractivity (Wildman–Crippen MR) is 94.7 cm³/mol. The molecule has 1 heterocycles. The third-order valence-electron chi connectivity index (χ3n) is 3.47. The maximum Gasteiger partial charge on any atom is 0.274 e. The third-order valence-corrected chi connectivity index (χ3v) is 3.47. The van der Waals surface area contributed by atoms with Crippen LogP contribution in [0.2, 0.25) is 0 Å². The Hall–Kier alpha value is -3.67. The van der Waals surface area contributed by atoms with E-state index in [1.54, 1.807) is 54.6 Å². The molecule has 2 amide bonds. The second kappa shape index (κ2) is 7.27. The highest BCUT2D eigenvalue weighted by Crippen LogP contribution is 2.24. The normalized spacial score (nSPS) is 10.1. The van der Waals surface area contributed by atoms with Gasteiger partial charge in [0.1, 0.15) is 11.4 Å². The van der Waals surface area contributed by atoms with Crippen LogP contribution in [-0.2, 0) is 0 Å². The van der Waals surface area contributed by atoms with Crippen molar-refractivity contribution in [1.29, 1.82) is 0 Å². The molecule has 0 saturated carbocycles. The van der Waals surface area contributed by atoms with Gasteiger partial charge >= 0.3 is 0 Å². The number of anilines is 2. The number of hydrogen-bond donors (Lipinski definition) is 3. The molecule has 0 aliphatic heterocycles. The Morgan fingerprint density at radius 3 is 2.00 bits per heavy atom. The van der Waals surface area contributed by atoms with E-state index in [4.69, 9.17) is 0 Å². The molecule has 25 heavy (non-hydrogen) atoms. The van der Waals surface area contributed by atoms with E-state index in [1.165, 1.54) is 18.3 Å². The van der Waals surface area contributed by atoms with Gasteiger partial charge in [-0.1, -0.05) is 30.3 Å². The lowest BCUT2D eigenvalue weighted by atomic mass is 10.1. The van der Waals surface area contributed by atoms with Crippen LogP contribution in [0.4, 0.5) is 11.4 Å². The first-order chi connectivity index (χ1) is 12.1. The highest BCUT2D eigenvalue weighted by atomic mass is 16.3. The molecule has 6 heteroatoms. The minimum Gasteiger partial charge on any atom is -0.507 e. The van der Waals surface area contributed by atoms with Gasteiger partial charge in [0.2, 0.25) is 0 Å². The number of rotatable bonds is 4. The SMILES string of the molecule is O=C(Nc1ccccc1NC(=O)c1ccccc1O)c1ccccn1. The lowest BCUT2D eigenvalue weighted by Crippen LogP contribution is -2.17. The minimum absolute atomic E-state index is 0.116. The zero-order chi connectivity index (χ0) is 17.6. The quantitative estimate of drug-likeness (QED) is 0.683. The summed E-state index contributed by atoms with van der Waals surface area (Å²) in [6.07, 6.45) is 1.53. The molecule has 0 aliphatic carbocycles. The number of aromatic nitrogens is 1. The summed E-state index contributed by atoms with van der Waals surface area (Å²) in [6, 6.07) is 18.1. The Kier molecular flexibility index (Phi) is 4.71. The molecule has 3 N–H and O–H groups in total. The second-order valence-electron chi connectivity index (χ2n) is 5.19. The number of pyridine rings is 1. The molecule has 0 unspecified atom stereocenters.